The number of benzene rings is 1. The molecule has 0 fully saturated rings. The van der Waals surface area contributed by atoms with Gasteiger partial charge in [-0.05, 0) is 18.4 Å². The number of hydrogen-bond acceptors (Lipinski definition) is 1. The van der Waals surface area contributed by atoms with Crippen molar-refractivity contribution in [3.05, 3.63) is 34.8 Å². The van der Waals surface area contributed by atoms with Crippen molar-refractivity contribution in [2.45, 2.75) is 19.3 Å². The van der Waals surface area contributed by atoms with E-state index in [-0.39, 0.29) is 22.4 Å². The predicted octanol–water partition coefficient (Wildman–Crippen LogP) is 3.10. The Morgan fingerprint density at radius 1 is 1.12 bits per heavy atom. The first-order valence-corrected chi connectivity index (χ1v) is 5.31. The molecule has 88 valence electrons. The van der Waals surface area contributed by atoms with Crippen LogP contribution in [0.5, 0.6) is 0 Å². The SMILES string of the molecule is O=C1CCCc2c1[nH]c1c(F)cc(F)c(F)c21. The maximum absolute atomic E-state index is 13.7. The van der Waals surface area contributed by atoms with Crippen molar-refractivity contribution < 1.29 is 18.0 Å². The van der Waals surface area contributed by atoms with Gasteiger partial charge in [-0.1, -0.05) is 0 Å². The zero-order chi connectivity index (χ0) is 12.2. The van der Waals surface area contributed by atoms with E-state index in [0.717, 1.165) is 0 Å². The number of rotatable bonds is 0. The minimum absolute atomic E-state index is 0.120. The second-order valence-corrected chi connectivity index (χ2v) is 4.16. The van der Waals surface area contributed by atoms with Gasteiger partial charge in [-0.15, -0.1) is 0 Å². The molecule has 0 atom stereocenters. The Hall–Kier alpha value is -1.78. The first kappa shape index (κ1) is 10.4. The third kappa shape index (κ3) is 1.31. The maximum atomic E-state index is 13.7. The summed E-state index contributed by atoms with van der Waals surface area (Å²) in [6.07, 6.45) is 1.39. The molecule has 0 unspecified atom stereocenters. The van der Waals surface area contributed by atoms with E-state index < -0.39 is 17.5 Å². The second-order valence-electron chi connectivity index (χ2n) is 4.16. The monoisotopic (exact) mass is 239 g/mol. The maximum Gasteiger partial charge on any atom is 0.179 e. The summed E-state index contributed by atoms with van der Waals surface area (Å²) >= 11 is 0. The van der Waals surface area contributed by atoms with E-state index in [4.69, 9.17) is 0 Å². The molecule has 1 aliphatic rings. The molecule has 2 nitrogen and oxygen atoms in total. The summed E-state index contributed by atoms with van der Waals surface area (Å²) < 4.78 is 40.3. The normalized spacial score (nSPS) is 15.4. The first-order chi connectivity index (χ1) is 8.09. The lowest BCUT2D eigenvalue weighted by molar-refractivity contribution is 0.0968. The fraction of sp³-hybridized carbons (Fsp3) is 0.250. The van der Waals surface area contributed by atoms with Crippen LogP contribution in [0.1, 0.15) is 28.9 Å². The summed E-state index contributed by atoms with van der Waals surface area (Å²) in [5.74, 6) is -3.37. The molecule has 2 aromatic rings. The lowest BCUT2D eigenvalue weighted by atomic mass is 9.94. The van der Waals surface area contributed by atoms with E-state index in [1.807, 2.05) is 0 Å². The summed E-state index contributed by atoms with van der Waals surface area (Å²) in [7, 11) is 0. The number of aromatic nitrogens is 1. The molecular weight excluding hydrogens is 231 g/mol. The third-order valence-electron chi connectivity index (χ3n) is 3.13. The van der Waals surface area contributed by atoms with Crippen molar-refractivity contribution in [3.8, 4) is 0 Å². The number of Topliss-reactive ketones (excluding diaryl/α,β-unsaturated/α-hetero) is 1. The average molecular weight is 239 g/mol. The number of carbonyl (C=O) groups excluding carboxylic acids is 1. The van der Waals surface area contributed by atoms with Crippen LogP contribution in [0.2, 0.25) is 0 Å². The number of aryl methyl sites for hydroxylation is 1. The second kappa shape index (κ2) is 3.35. The lowest BCUT2D eigenvalue weighted by Gasteiger charge is -2.09. The van der Waals surface area contributed by atoms with Gasteiger partial charge in [-0.3, -0.25) is 4.79 Å². The Morgan fingerprint density at radius 3 is 2.65 bits per heavy atom. The zero-order valence-electron chi connectivity index (χ0n) is 8.74. The van der Waals surface area contributed by atoms with Gasteiger partial charge in [0.05, 0.1) is 11.2 Å². The molecule has 1 aromatic carbocycles. The molecule has 5 heteroatoms. The van der Waals surface area contributed by atoms with Crippen molar-refractivity contribution >= 4 is 16.7 Å². The minimum Gasteiger partial charge on any atom is -0.349 e. The molecule has 1 heterocycles. The number of nitrogens with one attached hydrogen (secondary N) is 1. The molecule has 0 radical (unpaired) electrons. The van der Waals surface area contributed by atoms with Crippen LogP contribution < -0.4 is 0 Å². The smallest absolute Gasteiger partial charge is 0.179 e. The fourth-order valence-electron chi connectivity index (χ4n) is 2.37. The summed E-state index contributed by atoms with van der Waals surface area (Å²) in [5, 5.41) is -0.120. The fourth-order valence-corrected chi connectivity index (χ4v) is 2.37. The van der Waals surface area contributed by atoms with Crippen LogP contribution in [-0.2, 0) is 6.42 Å². The van der Waals surface area contributed by atoms with Gasteiger partial charge in [-0.2, -0.15) is 0 Å². The molecule has 3 rings (SSSR count). The van der Waals surface area contributed by atoms with E-state index in [2.05, 4.69) is 4.98 Å². The van der Waals surface area contributed by atoms with Crippen LogP contribution in [-0.4, -0.2) is 10.8 Å². The third-order valence-corrected chi connectivity index (χ3v) is 3.13. The summed E-state index contributed by atoms with van der Waals surface area (Å²) in [6.45, 7) is 0. The average Bonchev–Trinajstić information content (AvgIpc) is 2.68. The summed E-state index contributed by atoms with van der Waals surface area (Å²) in [6, 6.07) is 0.490. The predicted molar refractivity (Wildman–Crippen MR) is 55.4 cm³/mol. The summed E-state index contributed by atoms with van der Waals surface area (Å²) in [5.41, 5.74) is 0.492. The Labute approximate surface area is 94.4 Å². The van der Waals surface area contributed by atoms with Crippen molar-refractivity contribution in [1.82, 2.24) is 4.98 Å². The van der Waals surface area contributed by atoms with Crippen molar-refractivity contribution in [3.63, 3.8) is 0 Å². The molecule has 1 N–H and O–H groups in total. The molecule has 0 bridgehead atoms. The van der Waals surface area contributed by atoms with Crippen LogP contribution >= 0.6 is 0 Å². The molecule has 0 aliphatic heterocycles. The van der Waals surface area contributed by atoms with Crippen LogP contribution in [0, 0.1) is 17.5 Å². The van der Waals surface area contributed by atoms with Crippen molar-refractivity contribution in [1.29, 1.82) is 0 Å². The van der Waals surface area contributed by atoms with Gasteiger partial charge in [-0.25, -0.2) is 13.2 Å². The minimum atomic E-state index is -1.23. The largest absolute Gasteiger partial charge is 0.349 e. The van der Waals surface area contributed by atoms with Gasteiger partial charge in [0.2, 0.25) is 0 Å². The number of hydrogen-bond donors (Lipinski definition) is 1. The van der Waals surface area contributed by atoms with Gasteiger partial charge in [0, 0.05) is 17.9 Å². The van der Waals surface area contributed by atoms with Crippen LogP contribution in [0.3, 0.4) is 0 Å². The molecule has 1 aromatic heterocycles. The number of carbonyl (C=O) groups is 1. The highest BCUT2D eigenvalue weighted by atomic mass is 19.2. The Bertz CT molecular complexity index is 645. The molecular formula is C12H8F3NO. The Morgan fingerprint density at radius 2 is 1.88 bits per heavy atom. The standard InChI is InChI=1S/C12H8F3NO/c13-6-4-7(14)12-9(10(6)15)5-2-1-3-8(17)11(5)16-12/h4,16H,1-3H2. The number of H-pyrrole nitrogens is 1. The lowest BCUT2D eigenvalue weighted by Crippen LogP contribution is -2.09. The Balaban J connectivity index is 2.47. The number of fused-ring (bicyclic) bond motifs is 3. The van der Waals surface area contributed by atoms with E-state index in [1.165, 1.54) is 0 Å². The van der Waals surface area contributed by atoms with Crippen molar-refractivity contribution in [2.75, 3.05) is 0 Å². The highest BCUT2D eigenvalue weighted by Crippen LogP contribution is 2.33. The van der Waals surface area contributed by atoms with Gasteiger partial charge in [0.25, 0.3) is 0 Å². The molecule has 1 aliphatic carbocycles. The Kier molecular flexibility index (Phi) is 2.05. The van der Waals surface area contributed by atoms with E-state index >= 15 is 0 Å². The molecule has 17 heavy (non-hydrogen) atoms. The van der Waals surface area contributed by atoms with Gasteiger partial charge >= 0.3 is 0 Å². The molecule has 0 amide bonds. The molecule has 0 spiro atoms. The zero-order valence-corrected chi connectivity index (χ0v) is 8.74. The topological polar surface area (TPSA) is 32.9 Å². The first-order valence-electron chi connectivity index (χ1n) is 5.31. The number of aromatic amines is 1. The van der Waals surface area contributed by atoms with Crippen molar-refractivity contribution in [2.24, 2.45) is 0 Å². The van der Waals surface area contributed by atoms with E-state index in [1.54, 1.807) is 0 Å². The van der Waals surface area contributed by atoms with E-state index in [0.29, 0.717) is 30.9 Å². The highest BCUT2D eigenvalue weighted by molar-refractivity contribution is 6.03. The quantitative estimate of drug-likeness (QED) is 0.704. The van der Waals surface area contributed by atoms with Crippen LogP contribution in [0.15, 0.2) is 6.07 Å². The van der Waals surface area contributed by atoms with Crippen LogP contribution in [0.25, 0.3) is 10.9 Å². The number of ketones is 1. The van der Waals surface area contributed by atoms with Crippen LogP contribution in [0.4, 0.5) is 13.2 Å². The molecule has 0 saturated heterocycles. The van der Waals surface area contributed by atoms with E-state index in [9.17, 15) is 18.0 Å². The highest BCUT2D eigenvalue weighted by Gasteiger charge is 2.26. The van der Waals surface area contributed by atoms with Gasteiger partial charge < -0.3 is 4.98 Å². The van der Waals surface area contributed by atoms with Gasteiger partial charge in [0.15, 0.2) is 17.4 Å². The number of halogens is 3. The molecule has 0 saturated carbocycles. The summed E-state index contributed by atoms with van der Waals surface area (Å²) in [4.78, 5) is 14.2. The van der Waals surface area contributed by atoms with Gasteiger partial charge in [0.1, 0.15) is 5.82 Å².